The highest BCUT2D eigenvalue weighted by Gasteiger charge is 2.18. The van der Waals surface area contributed by atoms with Crippen LogP contribution in [0.3, 0.4) is 0 Å². The first kappa shape index (κ1) is 15.4. The number of carbonyl (C=O) groups excluding carboxylic acids is 1. The maximum atomic E-state index is 12.1. The third-order valence-corrected chi connectivity index (χ3v) is 5.69. The van der Waals surface area contributed by atoms with Crippen molar-refractivity contribution in [2.75, 3.05) is 12.3 Å². The second-order valence-electron chi connectivity index (χ2n) is 4.94. The second-order valence-corrected chi connectivity index (χ2v) is 7.19. The lowest BCUT2D eigenvalue weighted by Crippen LogP contribution is -2.29. The maximum absolute atomic E-state index is 12.1. The van der Waals surface area contributed by atoms with E-state index in [1.165, 1.54) is 10.4 Å². The smallest absolute Gasteiger partial charge is 0.303 e. The van der Waals surface area contributed by atoms with Crippen LogP contribution in [0.4, 0.5) is 0 Å². The zero-order chi connectivity index (χ0) is 14.5. The minimum atomic E-state index is -0.810. The molecule has 0 fully saturated rings. The Balaban J connectivity index is 1.91. The Bertz CT molecular complexity index is 475. The van der Waals surface area contributed by atoms with E-state index in [1.54, 1.807) is 11.3 Å². The number of fused-ring (bicyclic) bond motifs is 1. The van der Waals surface area contributed by atoms with Crippen LogP contribution < -0.4 is 5.32 Å². The van der Waals surface area contributed by atoms with E-state index >= 15 is 0 Å². The summed E-state index contributed by atoms with van der Waals surface area (Å²) in [4.78, 5) is 24.9. The highest BCUT2D eigenvalue weighted by molar-refractivity contribution is 7.98. The van der Waals surface area contributed by atoms with Gasteiger partial charge in [-0.1, -0.05) is 13.3 Å². The number of carbonyl (C=O) groups is 2. The SMILES string of the molecule is CCC(CNC(=O)c1cc2c(s1)CCSC2)CC(=O)O. The molecule has 1 unspecified atom stereocenters. The molecule has 1 atom stereocenters. The van der Waals surface area contributed by atoms with Gasteiger partial charge in [-0.2, -0.15) is 11.8 Å². The van der Waals surface area contributed by atoms with Crippen LogP contribution in [0.15, 0.2) is 6.07 Å². The largest absolute Gasteiger partial charge is 0.481 e. The molecule has 2 N–H and O–H groups in total. The van der Waals surface area contributed by atoms with E-state index in [4.69, 9.17) is 5.11 Å². The predicted molar refractivity (Wildman–Crippen MR) is 82.6 cm³/mol. The van der Waals surface area contributed by atoms with Crippen molar-refractivity contribution >= 4 is 35.0 Å². The molecule has 110 valence electrons. The van der Waals surface area contributed by atoms with E-state index in [-0.39, 0.29) is 18.2 Å². The van der Waals surface area contributed by atoms with Crippen LogP contribution in [0.25, 0.3) is 0 Å². The van der Waals surface area contributed by atoms with Crippen molar-refractivity contribution in [2.24, 2.45) is 5.92 Å². The van der Waals surface area contributed by atoms with Gasteiger partial charge in [0, 0.05) is 23.6 Å². The number of aryl methyl sites for hydroxylation is 1. The van der Waals surface area contributed by atoms with Crippen LogP contribution in [-0.4, -0.2) is 29.3 Å². The molecule has 2 heterocycles. The third kappa shape index (κ3) is 3.99. The molecule has 6 heteroatoms. The molecule has 0 aromatic carbocycles. The molecule has 1 aromatic heterocycles. The number of hydrogen-bond acceptors (Lipinski definition) is 4. The quantitative estimate of drug-likeness (QED) is 0.847. The number of thioether (sulfide) groups is 1. The van der Waals surface area contributed by atoms with Crippen LogP contribution in [0.5, 0.6) is 0 Å². The van der Waals surface area contributed by atoms with Crippen molar-refractivity contribution in [1.29, 1.82) is 0 Å². The van der Waals surface area contributed by atoms with Gasteiger partial charge in [0.15, 0.2) is 0 Å². The third-order valence-electron chi connectivity index (χ3n) is 3.44. The fraction of sp³-hybridized carbons (Fsp3) is 0.571. The topological polar surface area (TPSA) is 66.4 Å². The average Bonchev–Trinajstić information content (AvgIpc) is 2.86. The van der Waals surface area contributed by atoms with Gasteiger partial charge in [0.1, 0.15) is 0 Å². The van der Waals surface area contributed by atoms with Crippen LogP contribution in [-0.2, 0) is 17.0 Å². The summed E-state index contributed by atoms with van der Waals surface area (Å²) < 4.78 is 0. The van der Waals surface area contributed by atoms with Crippen molar-refractivity contribution in [3.8, 4) is 0 Å². The van der Waals surface area contributed by atoms with Crippen molar-refractivity contribution < 1.29 is 14.7 Å². The van der Waals surface area contributed by atoms with E-state index in [2.05, 4.69) is 5.32 Å². The van der Waals surface area contributed by atoms with Gasteiger partial charge in [-0.25, -0.2) is 0 Å². The Morgan fingerprint density at radius 3 is 2.95 bits per heavy atom. The summed E-state index contributed by atoms with van der Waals surface area (Å²) >= 11 is 3.48. The molecule has 1 amide bonds. The number of thiophene rings is 1. The lowest BCUT2D eigenvalue weighted by atomic mass is 10.0. The van der Waals surface area contributed by atoms with Gasteiger partial charge in [-0.05, 0) is 29.7 Å². The lowest BCUT2D eigenvalue weighted by molar-refractivity contribution is -0.138. The fourth-order valence-corrected chi connectivity index (χ4v) is 4.48. The van der Waals surface area contributed by atoms with E-state index in [9.17, 15) is 9.59 Å². The predicted octanol–water partition coefficient (Wildman–Crippen LogP) is 2.77. The highest BCUT2D eigenvalue weighted by Crippen LogP contribution is 2.31. The van der Waals surface area contributed by atoms with Gasteiger partial charge in [-0.3, -0.25) is 9.59 Å². The Hall–Kier alpha value is -1.01. The van der Waals surface area contributed by atoms with E-state index < -0.39 is 5.97 Å². The molecule has 4 nitrogen and oxygen atoms in total. The first-order chi connectivity index (χ1) is 9.60. The Labute approximate surface area is 127 Å². The summed E-state index contributed by atoms with van der Waals surface area (Å²) in [5.41, 5.74) is 1.29. The molecular formula is C14H19NO3S2. The minimum Gasteiger partial charge on any atom is -0.481 e. The Morgan fingerprint density at radius 2 is 2.30 bits per heavy atom. The molecular weight excluding hydrogens is 294 g/mol. The molecule has 20 heavy (non-hydrogen) atoms. The van der Waals surface area contributed by atoms with E-state index in [0.717, 1.165) is 29.2 Å². The van der Waals surface area contributed by atoms with Crippen LogP contribution >= 0.6 is 23.1 Å². The maximum Gasteiger partial charge on any atom is 0.303 e. The number of hydrogen-bond donors (Lipinski definition) is 2. The Morgan fingerprint density at radius 1 is 1.50 bits per heavy atom. The van der Waals surface area contributed by atoms with E-state index in [0.29, 0.717) is 6.54 Å². The zero-order valence-corrected chi connectivity index (χ0v) is 13.1. The molecule has 0 bridgehead atoms. The summed E-state index contributed by atoms with van der Waals surface area (Å²) in [6, 6.07) is 1.99. The number of carboxylic acids is 1. The van der Waals surface area contributed by atoms with Crippen molar-refractivity contribution in [1.82, 2.24) is 5.32 Å². The zero-order valence-electron chi connectivity index (χ0n) is 11.5. The van der Waals surface area contributed by atoms with Crippen molar-refractivity contribution in [3.05, 3.63) is 21.4 Å². The summed E-state index contributed by atoms with van der Waals surface area (Å²) in [6.07, 6.45) is 1.91. The monoisotopic (exact) mass is 313 g/mol. The molecule has 0 saturated carbocycles. The molecule has 1 aromatic rings. The molecule has 0 spiro atoms. The van der Waals surface area contributed by atoms with E-state index in [1.807, 2.05) is 24.8 Å². The first-order valence-corrected chi connectivity index (χ1v) is 8.76. The normalized spacial score (nSPS) is 15.4. The van der Waals surface area contributed by atoms with Gasteiger partial charge in [0.05, 0.1) is 4.88 Å². The van der Waals surface area contributed by atoms with Gasteiger partial charge in [0.25, 0.3) is 5.91 Å². The van der Waals surface area contributed by atoms with Gasteiger partial charge in [-0.15, -0.1) is 11.3 Å². The molecule has 2 rings (SSSR count). The van der Waals surface area contributed by atoms with Gasteiger partial charge < -0.3 is 10.4 Å². The molecule has 0 aliphatic carbocycles. The summed E-state index contributed by atoms with van der Waals surface area (Å²) in [5.74, 6) is 1.25. The van der Waals surface area contributed by atoms with Crippen LogP contribution in [0, 0.1) is 5.92 Å². The lowest BCUT2D eigenvalue weighted by Gasteiger charge is -2.12. The van der Waals surface area contributed by atoms with Crippen molar-refractivity contribution in [2.45, 2.75) is 31.9 Å². The number of aliphatic carboxylic acids is 1. The minimum absolute atomic E-state index is 0.00147. The molecule has 0 radical (unpaired) electrons. The van der Waals surface area contributed by atoms with Gasteiger partial charge >= 0.3 is 5.97 Å². The molecule has 1 aliphatic rings. The van der Waals surface area contributed by atoms with Crippen LogP contribution in [0.2, 0.25) is 0 Å². The van der Waals surface area contributed by atoms with Crippen LogP contribution in [0.1, 0.15) is 39.9 Å². The number of rotatable bonds is 6. The number of amides is 1. The molecule has 0 saturated heterocycles. The molecule has 1 aliphatic heterocycles. The Kier molecular flexibility index (Phi) is 5.48. The first-order valence-electron chi connectivity index (χ1n) is 6.79. The van der Waals surface area contributed by atoms with Crippen molar-refractivity contribution in [3.63, 3.8) is 0 Å². The average molecular weight is 313 g/mol. The fourth-order valence-electron chi connectivity index (χ4n) is 2.19. The highest BCUT2D eigenvalue weighted by atomic mass is 32.2. The summed E-state index contributed by atoms with van der Waals surface area (Å²) in [6.45, 7) is 2.37. The summed E-state index contributed by atoms with van der Waals surface area (Å²) in [5, 5.41) is 11.7. The standard InChI is InChI=1S/C14H19NO3S2/c1-2-9(5-13(16)17)7-15-14(18)12-6-10-8-19-4-3-11(10)20-12/h6,9H,2-5,7-8H2,1H3,(H,15,18)(H,16,17). The number of nitrogens with one attached hydrogen (secondary N) is 1. The second kappa shape index (κ2) is 7.13. The summed E-state index contributed by atoms with van der Waals surface area (Å²) in [7, 11) is 0. The van der Waals surface area contributed by atoms with Gasteiger partial charge in [0.2, 0.25) is 0 Å². The number of carboxylic acid groups (broad SMARTS) is 1.